The molecule has 0 amide bonds. The second-order valence-corrected chi connectivity index (χ2v) is 5.41. The molecule has 2 unspecified atom stereocenters. The number of hydrogen-bond donors (Lipinski definition) is 1. The number of benzene rings is 1. The molecule has 0 aliphatic carbocycles. The van der Waals surface area contributed by atoms with E-state index in [1.54, 1.807) is 6.20 Å². The summed E-state index contributed by atoms with van der Waals surface area (Å²) in [7, 11) is 0. The van der Waals surface area contributed by atoms with Gasteiger partial charge in [-0.25, -0.2) is 0 Å². The largest absolute Gasteiger partial charge is 0.316 e. The number of nitrogens with one attached hydrogen (secondary N) is 1. The maximum Gasteiger partial charge on any atom is 0.101 e. The Morgan fingerprint density at radius 3 is 2.76 bits per heavy atom. The molecule has 1 aromatic carbocycles. The predicted octanol–water partition coefficient (Wildman–Crippen LogP) is 3.66. The van der Waals surface area contributed by atoms with E-state index in [2.05, 4.69) is 35.4 Å². The summed E-state index contributed by atoms with van der Waals surface area (Å²) in [4.78, 5) is 4.38. The molecule has 0 saturated carbocycles. The number of pyridine rings is 1. The van der Waals surface area contributed by atoms with Crippen LogP contribution in [0.15, 0.2) is 30.5 Å². The summed E-state index contributed by atoms with van der Waals surface area (Å²) < 4.78 is 0. The van der Waals surface area contributed by atoms with Crippen LogP contribution >= 0.6 is 24.8 Å². The number of halogens is 2. The van der Waals surface area contributed by atoms with Gasteiger partial charge in [-0.15, -0.1) is 24.8 Å². The van der Waals surface area contributed by atoms with Crippen molar-refractivity contribution in [3.05, 3.63) is 41.6 Å². The lowest BCUT2D eigenvalue weighted by Gasteiger charge is -2.28. The SMILES string of the molecule is CC1CNCC(c2ccc(C#N)c3ncccc23)C1.Cl.Cl. The quantitative estimate of drug-likeness (QED) is 0.871. The Morgan fingerprint density at radius 2 is 2.05 bits per heavy atom. The summed E-state index contributed by atoms with van der Waals surface area (Å²) in [5.41, 5.74) is 2.82. The molecule has 2 aromatic rings. The lowest BCUT2D eigenvalue weighted by molar-refractivity contribution is 0.365. The van der Waals surface area contributed by atoms with E-state index in [-0.39, 0.29) is 24.8 Å². The van der Waals surface area contributed by atoms with Crippen molar-refractivity contribution in [3.63, 3.8) is 0 Å². The van der Waals surface area contributed by atoms with E-state index in [4.69, 9.17) is 0 Å². The molecule has 112 valence electrons. The van der Waals surface area contributed by atoms with Crippen LogP contribution in [0.3, 0.4) is 0 Å². The van der Waals surface area contributed by atoms with Crippen LogP contribution in [0.1, 0.15) is 30.4 Å². The molecule has 21 heavy (non-hydrogen) atoms. The summed E-state index contributed by atoms with van der Waals surface area (Å²) in [5, 5.41) is 13.8. The molecule has 2 heterocycles. The predicted molar refractivity (Wildman–Crippen MR) is 90.3 cm³/mol. The molecule has 5 heteroatoms. The number of rotatable bonds is 1. The van der Waals surface area contributed by atoms with Crippen LogP contribution < -0.4 is 5.32 Å². The first-order valence-corrected chi connectivity index (χ1v) is 6.78. The minimum Gasteiger partial charge on any atom is -0.316 e. The molecule has 1 aliphatic rings. The van der Waals surface area contributed by atoms with Crippen LogP contribution in [0.4, 0.5) is 0 Å². The first-order chi connectivity index (χ1) is 9.29. The van der Waals surface area contributed by atoms with E-state index in [1.165, 1.54) is 12.0 Å². The molecule has 0 radical (unpaired) electrons. The average Bonchev–Trinajstić information content (AvgIpc) is 2.46. The minimum absolute atomic E-state index is 0. The molecule has 1 N–H and O–H groups in total. The van der Waals surface area contributed by atoms with Crippen LogP contribution in [0.25, 0.3) is 10.9 Å². The van der Waals surface area contributed by atoms with Crippen LogP contribution in [0.5, 0.6) is 0 Å². The second-order valence-electron chi connectivity index (χ2n) is 5.41. The topological polar surface area (TPSA) is 48.7 Å². The third kappa shape index (κ3) is 3.47. The first kappa shape index (κ1) is 17.7. The maximum absolute atomic E-state index is 9.18. The van der Waals surface area contributed by atoms with Crippen LogP contribution in [0, 0.1) is 17.2 Å². The highest BCUT2D eigenvalue weighted by molar-refractivity contribution is 5.87. The number of piperidine rings is 1. The molecule has 3 rings (SSSR count). The lowest BCUT2D eigenvalue weighted by Crippen LogP contribution is -2.33. The van der Waals surface area contributed by atoms with Crippen LogP contribution in [-0.2, 0) is 0 Å². The van der Waals surface area contributed by atoms with Gasteiger partial charge in [0.1, 0.15) is 6.07 Å². The summed E-state index contributed by atoms with van der Waals surface area (Å²) in [6.07, 6.45) is 2.96. The third-order valence-electron chi connectivity index (χ3n) is 3.93. The molecule has 1 saturated heterocycles. The molecule has 1 aliphatic heterocycles. The zero-order chi connectivity index (χ0) is 13.2. The number of fused-ring (bicyclic) bond motifs is 1. The fourth-order valence-corrected chi connectivity index (χ4v) is 3.03. The van der Waals surface area contributed by atoms with Crippen molar-refractivity contribution in [2.75, 3.05) is 13.1 Å². The third-order valence-corrected chi connectivity index (χ3v) is 3.93. The second kappa shape index (κ2) is 7.61. The van der Waals surface area contributed by atoms with E-state index in [0.717, 1.165) is 24.0 Å². The standard InChI is InChI=1S/C16H17N3.2ClH/c1-11-7-13(10-18-9-11)14-5-4-12(8-17)16-15(14)3-2-6-19-16;;/h2-6,11,13,18H,7,9-10H2,1H3;2*1H. The Morgan fingerprint density at radius 1 is 1.24 bits per heavy atom. The molecule has 1 fully saturated rings. The first-order valence-electron chi connectivity index (χ1n) is 6.78. The number of aromatic nitrogens is 1. The van der Waals surface area contributed by atoms with E-state index in [9.17, 15) is 5.26 Å². The van der Waals surface area contributed by atoms with Gasteiger partial charge >= 0.3 is 0 Å². The van der Waals surface area contributed by atoms with Gasteiger partial charge in [0, 0.05) is 18.1 Å². The zero-order valence-electron chi connectivity index (χ0n) is 11.9. The highest BCUT2D eigenvalue weighted by atomic mass is 35.5. The van der Waals surface area contributed by atoms with Gasteiger partial charge in [0.05, 0.1) is 11.1 Å². The monoisotopic (exact) mass is 323 g/mol. The number of nitrogens with zero attached hydrogens (tertiary/aromatic N) is 2. The summed E-state index contributed by atoms with van der Waals surface area (Å²) in [5.74, 6) is 1.21. The van der Waals surface area contributed by atoms with Gasteiger partial charge in [0.2, 0.25) is 0 Å². The van der Waals surface area contributed by atoms with Crippen molar-refractivity contribution in [2.45, 2.75) is 19.3 Å². The fourth-order valence-electron chi connectivity index (χ4n) is 3.03. The number of hydrogen-bond acceptors (Lipinski definition) is 3. The molecule has 1 aromatic heterocycles. The van der Waals surface area contributed by atoms with Crippen LogP contribution in [0.2, 0.25) is 0 Å². The van der Waals surface area contributed by atoms with Gasteiger partial charge in [-0.2, -0.15) is 5.26 Å². The summed E-state index contributed by atoms with van der Waals surface area (Å²) in [6, 6.07) is 10.3. The smallest absolute Gasteiger partial charge is 0.101 e. The Bertz CT molecular complexity index is 652. The molecule has 0 spiro atoms. The Labute approximate surface area is 137 Å². The molecular weight excluding hydrogens is 305 g/mol. The minimum atomic E-state index is 0. The Balaban J connectivity index is 0.00000110. The highest BCUT2D eigenvalue weighted by Crippen LogP contribution is 2.32. The molecular formula is C16H19Cl2N3. The zero-order valence-corrected chi connectivity index (χ0v) is 13.5. The average molecular weight is 324 g/mol. The van der Waals surface area contributed by atoms with Gasteiger partial charge in [-0.1, -0.05) is 19.1 Å². The molecule has 2 atom stereocenters. The van der Waals surface area contributed by atoms with Gasteiger partial charge in [0.15, 0.2) is 0 Å². The Hall–Kier alpha value is -1.34. The number of nitriles is 1. The van der Waals surface area contributed by atoms with Gasteiger partial charge in [0.25, 0.3) is 0 Å². The lowest BCUT2D eigenvalue weighted by atomic mass is 9.84. The molecule has 3 nitrogen and oxygen atoms in total. The Kier molecular flexibility index (Phi) is 6.42. The summed E-state index contributed by atoms with van der Waals surface area (Å²) >= 11 is 0. The van der Waals surface area contributed by atoms with E-state index < -0.39 is 0 Å². The van der Waals surface area contributed by atoms with Crippen molar-refractivity contribution in [3.8, 4) is 6.07 Å². The van der Waals surface area contributed by atoms with Crippen molar-refractivity contribution in [2.24, 2.45) is 5.92 Å². The van der Waals surface area contributed by atoms with E-state index >= 15 is 0 Å². The van der Waals surface area contributed by atoms with Gasteiger partial charge < -0.3 is 5.32 Å². The van der Waals surface area contributed by atoms with Gasteiger partial charge in [-0.3, -0.25) is 4.98 Å². The van der Waals surface area contributed by atoms with Crippen molar-refractivity contribution < 1.29 is 0 Å². The molecule has 0 bridgehead atoms. The maximum atomic E-state index is 9.18. The van der Waals surface area contributed by atoms with E-state index in [1.807, 2.05) is 12.1 Å². The van der Waals surface area contributed by atoms with E-state index in [0.29, 0.717) is 17.4 Å². The normalized spacial score (nSPS) is 21.0. The summed E-state index contributed by atoms with van der Waals surface area (Å²) in [6.45, 7) is 4.40. The van der Waals surface area contributed by atoms with Gasteiger partial charge in [-0.05, 0) is 42.5 Å². The van der Waals surface area contributed by atoms with Crippen molar-refractivity contribution >= 4 is 35.7 Å². The fraction of sp³-hybridized carbons (Fsp3) is 0.375. The highest BCUT2D eigenvalue weighted by Gasteiger charge is 2.22. The van der Waals surface area contributed by atoms with Crippen molar-refractivity contribution in [1.29, 1.82) is 5.26 Å². The van der Waals surface area contributed by atoms with Crippen LogP contribution in [-0.4, -0.2) is 18.1 Å². The van der Waals surface area contributed by atoms with Crippen molar-refractivity contribution in [1.82, 2.24) is 10.3 Å².